The first kappa shape index (κ1) is 11.3. The van der Waals surface area contributed by atoms with Crippen LogP contribution in [-0.4, -0.2) is 17.2 Å². The van der Waals surface area contributed by atoms with Gasteiger partial charge in [0.2, 0.25) is 0 Å². The first-order chi connectivity index (χ1) is 8.55. The molecule has 0 amide bonds. The largest absolute Gasteiger partial charge is 0.292 e. The molecule has 2 aliphatic rings. The Morgan fingerprint density at radius 2 is 1.83 bits per heavy atom. The highest BCUT2D eigenvalue weighted by molar-refractivity contribution is 6.69. The van der Waals surface area contributed by atoms with Crippen molar-refractivity contribution in [3.05, 3.63) is 35.9 Å². The van der Waals surface area contributed by atoms with Crippen molar-refractivity contribution in [2.45, 2.75) is 32.9 Å². The third-order valence-corrected chi connectivity index (χ3v) is 3.45. The van der Waals surface area contributed by atoms with Crippen LogP contribution in [0.1, 0.15) is 38.4 Å². The van der Waals surface area contributed by atoms with Gasteiger partial charge in [0.05, 0.1) is 5.71 Å². The molecule has 1 fully saturated rings. The van der Waals surface area contributed by atoms with Crippen molar-refractivity contribution in [2.24, 2.45) is 15.4 Å². The molecule has 0 spiro atoms. The summed E-state index contributed by atoms with van der Waals surface area (Å²) in [6.45, 7) is 4.22. The zero-order valence-electron chi connectivity index (χ0n) is 10.7. The Labute approximate surface area is 107 Å². The number of aliphatic imine (C=N–C) groups is 2. The number of nitrogens with zero attached hydrogens (tertiary/aromatic N) is 2. The number of carbonyl (C=O) groups excluding carboxylic acids is 1. The zero-order valence-corrected chi connectivity index (χ0v) is 10.7. The zero-order chi connectivity index (χ0) is 12.8. The van der Waals surface area contributed by atoms with E-state index in [0.29, 0.717) is 12.1 Å². The molecule has 0 unspecified atom stereocenters. The SMILES string of the molecule is CC1(C)CC(=O)C2=N[C@@H](c3ccccc3)N=C2C1. The van der Waals surface area contributed by atoms with Gasteiger partial charge in [-0.05, 0) is 17.4 Å². The molecule has 18 heavy (non-hydrogen) atoms. The molecule has 1 saturated carbocycles. The molecule has 1 aromatic rings. The lowest BCUT2D eigenvalue weighted by Gasteiger charge is -2.28. The second-order valence-corrected chi connectivity index (χ2v) is 5.78. The standard InChI is InChI=1S/C15H16N2O/c1-15(2)8-11-13(12(18)9-15)17-14(16-11)10-6-4-3-5-7-10/h3-7,14H,8-9H2,1-2H3/t14-/m0/s1. The summed E-state index contributed by atoms with van der Waals surface area (Å²) in [5.74, 6) is 0.142. The lowest BCUT2D eigenvalue weighted by molar-refractivity contribution is -0.114. The van der Waals surface area contributed by atoms with Gasteiger partial charge in [0.25, 0.3) is 0 Å². The van der Waals surface area contributed by atoms with Gasteiger partial charge in [0, 0.05) is 6.42 Å². The van der Waals surface area contributed by atoms with Crippen LogP contribution >= 0.6 is 0 Å². The molecule has 0 N–H and O–H groups in total. The van der Waals surface area contributed by atoms with Crippen molar-refractivity contribution < 1.29 is 4.79 Å². The molecule has 0 aromatic heterocycles. The summed E-state index contributed by atoms with van der Waals surface area (Å²) in [5.41, 5.74) is 2.58. The van der Waals surface area contributed by atoms with E-state index < -0.39 is 0 Å². The Morgan fingerprint density at radius 1 is 1.11 bits per heavy atom. The number of benzene rings is 1. The molecular weight excluding hydrogens is 224 g/mol. The van der Waals surface area contributed by atoms with Gasteiger partial charge in [0.15, 0.2) is 11.9 Å². The summed E-state index contributed by atoms with van der Waals surface area (Å²) in [4.78, 5) is 21.2. The number of fused-ring (bicyclic) bond motifs is 1. The minimum atomic E-state index is -0.214. The average Bonchev–Trinajstić information content (AvgIpc) is 2.72. The Kier molecular flexibility index (Phi) is 2.44. The molecule has 1 aromatic carbocycles. The maximum atomic E-state index is 12.1. The van der Waals surface area contributed by atoms with E-state index >= 15 is 0 Å². The summed E-state index contributed by atoms with van der Waals surface area (Å²) >= 11 is 0. The van der Waals surface area contributed by atoms with Gasteiger partial charge in [-0.25, -0.2) is 4.99 Å². The van der Waals surface area contributed by atoms with E-state index in [-0.39, 0.29) is 17.4 Å². The van der Waals surface area contributed by atoms with Crippen molar-refractivity contribution >= 4 is 17.2 Å². The van der Waals surface area contributed by atoms with Crippen molar-refractivity contribution in [2.75, 3.05) is 0 Å². The van der Waals surface area contributed by atoms with Crippen molar-refractivity contribution in [3.8, 4) is 0 Å². The normalized spacial score (nSPS) is 25.4. The molecule has 1 atom stereocenters. The van der Waals surface area contributed by atoms with Gasteiger partial charge in [0.1, 0.15) is 5.71 Å². The summed E-state index contributed by atoms with van der Waals surface area (Å²) in [7, 11) is 0. The van der Waals surface area contributed by atoms with Gasteiger partial charge in [-0.15, -0.1) is 0 Å². The lowest BCUT2D eigenvalue weighted by atomic mass is 9.75. The highest BCUT2D eigenvalue weighted by Crippen LogP contribution is 2.36. The molecule has 3 heteroatoms. The maximum Gasteiger partial charge on any atom is 0.183 e. The fraction of sp³-hybridized carbons (Fsp3) is 0.400. The first-order valence-corrected chi connectivity index (χ1v) is 6.28. The second kappa shape index (κ2) is 3.87. The molecule has 0 bridgehead atoms. The summed E-state index contributed by atoms with van der Waals surface area (Å²) in [5, 5.41) is 0. The molecule has 92 valence electrons. The molecule has 3 nitrogen and oxygen atoms in total. The summed E-state index contributed by atoms with van der Waals surface area (Å²) in [6.07, 6.45) is 1.21. The quantitative estimate of drug-likeness (QED) is 0.744. The second-order valence-electron chi connectivity index (χ2n) is 5.78. The van der Waals surface area contributed by atoms with Gasteiger partial charge < -0.3 is 0 Å². The van der Waals surface area contributed by atoms with Gasteiger partial charge in [-0.3, -0.25) is 9.79 Å². The molecule has 3 rings (SSSR count). The van der Waals surface area contributed by atoms with Gasteiger partial charge >= 0.3 is 0 Å². The summed E-state index contributed by atoms with van der Waals surface area (Å²) in [6, 6.07) is 9.93. The van der Waals surface area contributed by atoms with E-state index in [9.17, 15) is 4.79 Å². The molecule has 1 heterocycles. The van der Waals surface area contributed by atoms with Crippen LogP contribution in [0.15, 0.2) is 40.3 Å². The Balaban J connectivity index is 1.96. The van der Waals surface area contributed by atoms with Gasteiger partial charge in [-0.1, -0.05) is 44.2 Å². The average molecular weight is 240 g/mol. The maximum absolute atomic E-state index is 12.1. The first-order valence-electron chi connectivity index (χ1n) is 6.28. The monoisotopic (exact) mass is 240 g/mol. The predicted molar refractivity (Wildman–Crippen MR) is 72.1 cm³/mol. The van der Waals surface area contributed by atoms with Crippen LogP contribution in [0.2, 0.25) is 0 Å². The van der Waals surface area contributed by atoms with E-state index in [1.54, 1.807) is 0 Å². The number of ketones is 1. The predicted octanol–water partition coefficient (Wildman–Crippen LogP) is 2.97. The molecule has 1 aliphatic carbocycles. The van der Waals surface area contributed by atoms with E-state index in [2.05, 4.69) is 23.8 Å². The fourth-order valence-corrected chi connectivity index (χ4v) is 2.61. The van der Waals surface area contributed by atoms with Crippen LogP contribution in [0.3, 0.4) is 0 Å². The van der Waals surface area contributed by atoms with Crippen molar-refractivity contribution in [1.82, 2.24) is 0 Å². The van der Waals surface area contributed by atoms with Crippen molar-refractivity contribution in [1.29, 1.82) is 0 Å². The number of carbonyl (C=O) groups is 1. The molecule has 0 saturated heterocycles. The van der Waals surface area contributed by atoms with E-state index in [4.69, 9.17) is 0 Å². The minimum absolute atomic E-state index is 0.0144. The number of rotatable bonds is 1. The molecular formula is C15H16N2O. The Hall–Kier alpha value is -1.77. The number of hydrogen-bond acceptors (Lipinski definition) is 3. The fourth-order valence-electron chi connectivity index (χ4n) is 2.61. The Bertz CT molecular complexity index is 555. The smallest absolute Gasteiger partial charge is 0.183 e. The molecule has 1 aliphatic heterocycles. The van der Waals surface area contributed by atoms with Crippen LogP contribution < -0.4 is 0 Å². The van der Waals surface area contributed by atoms with E-state index in [0.717, 1.165) is 17.7 Å². The van der Waals surface area contributed by atoms with E-state index in [1.807, 2.05) is 30.3 Å². The summed E-state index contributed by atoms with van der Waals surface area (Å²) < 4.78 is 0. The van der Waals surface area contributed by atoms with Crippen LogP contribution in [0.25, 0.3) is 0 Å². The van der Waals surface area contributed by atoms with E-state index in [1.165, 1.54) is 0 Å². The van der Waals surface area contributed by atoms with Crippen LogP contribution in [0.5, 0.6) is 0 Å². The third kappa shape index (κ3) is 1.90. The van der Waals surface area contributed by atoms with Crippen molar-refractivity contribution in [3.63, 3.8) is 0 Å². The number of Topliss-reactive ketones (excluding diaryl/α,β-unsaturated/α-hetero) is 1. The highest BCUT2D eigenvalue weighted by atomic mass is 16.1. The highest BCUT2D eigenvalue weighted by Gasteiger charge is 2.38. The topological polar surface area (TPSA) is 41.8 Å². The van der Waals surface area contributed by atoms with Crippen LogP contribution in [0, 0.1) is 5.41 Å². The third-order valence-electron chi connectivity index (χ3n) is 3.45. The Morgan fingerprint density at radius 3 is 2.56 bits per heavy atom. The number of hydrogen-bond donors (Lipinski definition) is 0. The van der Waals surface area contributed by atoms with Crippen LogP contribution in [-0.2, 0) is 4.79 Å². The molecule has 0 radical (unpaired) electrons. The van der Waals surface area contributed by atoms with Crippen LogP contribution in [0.4, 0.5) is 0 Å². The van der Waals surface area contributed by atoms with Gasteiger partial charge in [-0.2, -0.15) is 0 Å². The lowest BCUT2D eigenvalue weighted by Crippen LogP contribution is -2.36. The minimum Gasteiger partial charge on any atom is -0.292 e.